The van der Waals surface area contributed by atoms with Crippen LogP contribution in [0.15, 0.2) is 24.3 Å². The third-order valence-corrected chi connectivity index (χ3v) is 6.14. The molecule has 1 aromatic carbocycles. The normalized spacial score (nSPS) is 30.0. The molecule has 3 aliphatic heterocycles. The van der Waals surface area contributed by atoms with E-state index in [0.717, 1.165) is 50.6 Å². The van der Waals surface area contributed by atoms with Crippen molar-refractivity contribution >= 4 is 6.03 Å². The molecule has 5 rings (SSSR count). The molecular formula is C20H29N3O3. The number of nitrogens with one attached hydrogen (secondary N) is 2. The predicted octanol–water partition coefficient (Wildman–Crippen LogP) is 2.14. The highest BCUT2D eigenvalue weighted by Gasteiger charge is 2.48. The van der Waals surface area contributed by atoms with Crippen molar-refractivity contribution in [1.29, 1.82) is 0 Å². The summed E-state index contributed by atoms with van der Waals surface area (Å²) in [5.74, 6) is 1.70. The molecular weight excluding hydrogens is 330 g/mol. The van der Waals surface area contributed by atoms with Crippen LogP contribution in [0.1, 0.15) is 31.2 Å². The lowest BCUT2D eigenvalue weighted by atomic mass is 9.67. The third kappa shape index (κ3) is 3.81. The maximum Gasteiger partial charge on any atom is 0.314 e. The van der Waals surface area contributed by atoms with Crippen LogP contribution in [0, 0.1) is 5.92 Å². The molecule has 0 spiro atoms. The van der Waals surface area contributed by atoms with Crippen molar-refractivity contribution < 1.29 is 14.3 Å². The van der Waals surface area contributed by atoms with E-state index in [1.807, 2.05) is 12.1 Å². The van der Waals surface area contributed by atoms with Crippen LogP contribution in [0.5, 0.6) is 5.75 Å². The summed E-state index contributed by atoms with van der Waals surface area (Å²) in [5.41, 5.74) is 1.20. The minimum absolute atomic E-state index is 0.0723. The Labute approximate surface area is 155 Å². The SMILES string of the molecule is COc1ccc(CN2CCC2CNC(=O)NCC23CC(CCO2)C3)cc1. The van der Waals surface area contributed by atoms with Crippen molar-refractivity contribution in [3.63, 3.8) is 0 Å². The van der Waals surface area contributed by atoms with E-state index in [1.54, 1.807) is 7.11 Å². The molecule has 0 radical (unpaired) electrons. The Hall–Kier alpha value is -1.79. The summed E-state index contributed by atoms with van der Waals surface area (Å²) in [7, 11) is 1.68. The Morgan fingerprint density at radius 1 is 1.27 bits per heavy atom. The maximum atomic E-state index is 12.1. The van der Waals surface area contributed by atoms with Crippen molar-refractivity contribution in [1.82, 2.24) is 15.5 Å². The van der Waals surface area contributed by atoms with Gasteiger partial charge in [0, 0.05) is 38.8 Å². The van der Waals surface area contributed by atoms with Crippen molar-refractivity contribution in [2.45, 2.75) is 43.9 Å². The van der Waals surface area contributed by atoms with Crippen molar-refractivity contribution in [3.8, 4) is 5.75 Å². The highest BCUT2D eigenvalue weighted by atomic mass is 16.5. The fourth-order valence-electron chi connectivity index (χ4n) is 4.37. The fourth-order valence-corrected chi connectivity index (χ4v) is 4.37. The smallest absolute Gasteiger partial charge is 0.314 e. The lowest BCUT2D eigenvalue weighted by Crippen LogP contribution is -2.59. The molecule has 3 saturated heterocycles. The number of hydrogen-bond donors (Lipinski definition) is 2. The molecule has 6 nitrogen and oxygen atoms in total. The third-order valence-electron chi connectivity index (χ3n) is 6.14. The molecule has 2 bridgehead atoms. The first kappa shape index (κ1) is 17.6. The van der Waals surface area contributed by atoms with Gasteiger partial charge in [0.1, 0.15) is 5.75 Å². The van der Waals surface area contributed by atoms with Gasteiger partial charge in [-0.3, -0.25) is 4.90 Å². The van der Waals surface area contributed by atoms with Crippen molar-refractivity contribution in [2.75, 3.05) is 33.4 Å². The van der Waals surface area contributed by atoms with Crippen LogP contribution < -0.4 is 15.4 Å². The Bertz CT molecular complexity index is 622. The first-order valence-electron chi connectivity index (χ1n) is 9.68. The van der Waals surface area contributed by atoms with Crippen LogP contribution in [0.4, 0.5) is 4.79 Å². The Morgan fingerprint density at radius 3 is 2.69 bits per heavy atom. The molecule has 6 heteroatoms. The largest absolute Gasteiger partial charge is 0.497 e. The molecule has 142 valence electrons. The first-order valence-corrected chi connectivity index (χ1v) is 9.68. The fraction of sp³-hybridized carbons (Fsp3) is 0.650. The summed E-state index contributed by atoms with van der Waals surface area (Å²) in [4.78, 5) is 14.5. The number of carbonyl (C=O) groups is 1. The molecule has 26 heavy (non-hydrogen) atoms. The van der Waals surface area contributed by atoms with Gasteiger partial charge in [0.2, 0.25) is 0 Å². The number of benzene rings is 1. The van der Waals surface area contributed by atoms with Gasteiger partial charge in [-0.1, -0.05) is 12.1 Å². The quantitative estimate of drug-likeness (QED) is 0.783. The monoisotopic (exact) mass is 359 g/mol. The van der Waals surface area contributed by atoms with E-state index in [4.69, 9.17) is 9.47 Å². The second-order valence-corrected chi connectivity index (χ2v) is 7.92. The summed E-state index contributed by atoms with van der Waals surface area (Å²) in [5, 5.41) is 6.03. The van der Waals surface area contributed by atoms with Crippen molar-refractivity contribution in [3.05, 3.63) is 29.8 Å². The zero-order valence-electron chi connectivity index (χ0n) is 15.5. The highest BCUT2D eigenvalue weighted by Crippen LogP contribution is 2.46. The second-order valence-electron chi connectivity index (χ2n) is 7.92. The summed E-state index contributed by atoms with van der Waals surface area (Å²) in [6.07, 6.45) is 4.52. The second kappa shape index (κ2) is 7.45. The predicted molar refractivity (Wildman–Crippen MR) is 99.2 cm³/mol. The van der Waals surface area contributed by atoms with Crippen LogP contribution >= 0.6 is 0 Å². The number of ether oxygens (including phenoxy) is 2. The number of hydrogen-bond acceptors (Lipinski definition) is 4. The van der Waals surface area contributed by atoms with E-state index in [1.165, 1.54) is 12.0 Å². The van der Waals surface area contributed by atoms with Crippen LogP contribution in [0.3, 0.4) is 0 Å². The standard InChI is InChI=1S/C20H29N3O3/c1-25-18-4-2-15(3-5-18)13-23-8-6-17(23)12-21-19(24)22-14-20-10-16(11-20)7-9-26-20/h2-5,16-17H,6-14H2,1H3,(H2,21,22,24). The molecule has 2 amide bonds. The number of rotatable bonds is 7. The molecule has 1 aliphatic carbocycles. The van der Waals surface area contributed by atoms with Gasteiger partial charge in [0.25, 0.3) is 0 Å². The zero-order chi connectivity index (χ0) is 18.0. The number of amides is 2. The molecule has 1 atom stereocenters. The Balaban J connectivity index is 1.16. The molecule has 0 aromatic heterocycles. The number of nitrogens with zero attached hydrogens (tertiary/aromatic N) is 1. The van der Waals surface area contributed by atoms with Gasteiger partial charge < -0.3 is 20.1 Å². The van der Waals surface area contributed by atoms with Crippen LogP contribution in [0.2, 0.25) is 0 Å². The van der Waals surface area contributed by atoms with E-state index < -0.39 is 0 Å². The number of methoxy groups -OCH3 is 1. The van der Waals surface area contributed by atoms with E-state index in [-0.39, 0.29) is 11.6 Å². The van der Waals surface area contributed by atoms with Gasteiger partial charge in [0.05, 0.1) is 12.7 Å². The Morgan fingerprint density at radius 2 is 2.08 bits per heavy atom. The zero-order valence-corrected chi connectivity index (χ0v) is 15.5. The van der Waals surface area contributed by atoms with Crippen molar-refractivity contribution in [2.24, 2.45) is 5.92 Å². The number of carbonyl (C=O) groups excluding carboxylic acids is 1. The topological polar surface area (TPSA) is 62.8 Å². The summed E-state index contributed by atoms with van der Waals surface area (Å²) < 4.78 is 11.1. The van der Waals surface area contributed by atoms with E-state index in [2.05, 4.69) is 27.7 Å². The number of likely N-dealkylation sites (tertiary alicyclic amines) is 1. The molecule has 2 N–H and O–H groups in total. The number of urea groups is 1. The molecule has 1 saturated carbocycles. The minimum atomic E-state index is -0.0757. The van der Waals surface area contributed by atoms with Gasteiger partial charge in [0.15, 0.2) is 0 Å². The van der Waals surface area contributed by atoms with E-state index in [9.17, 15) is 4.79 Å². The maximum absolute atomic E-state index is 12.1. The van der Waals surface area contributed by atoms with Crippen LogP contribution in [-0.4, -0.2) is 55.9 Å². The van der Waals surface area contributed by atoms with Gasteiger partial charge in [-0.25, -0.2) is 4.79 Å². The summed E-state index contributed by atoms with van der Waals surface area (Å²) in [6.45, 7) is 4.17. The lowest BCUT2D eigenvalue weighted by molar-refractivity contribution is -0.173. The van der Waals surface area contributed by atoms with E-state index in [0.29, 0.717) is 19.1 Å². The molecule has 1 aromatic rings. The van der Waals surface area contributed by atoms with Crippen LogP contribution in [-0.2, 0) is 11.3 Å². The highest BCUT2D eigenvalue weighted by molar-refractivity contribution is 5.74. The molecule has 1 unspecified atom stereocenters. The average Bonchev–Trinajstić information content (AvgIpc) is 2.64. The summed E-state index contributed by atoms with van der Waals surface area (Å²) >= 11 is 0. The minimum Gasteiger partial charge on any atom is -0.497 e. The lowest BCUT2D eigenvalue weighted by Gasteiger charge is -2.52. The summed E-state index contributed by atoms with van der Waals surface area (Å²) in [6, 6.07) is 8.53. The van der Waals surface area contributed by atoms with Gasteiger partial charge >= 0.3 is 6.03 Å². The average molecular weight is 359 g/mol. The van der Waals surface area contributed by atoms with E-state index >= 15 is 0 Å². The number of fused-ring (bicyclic) bond motifs is 2. The first-order chi connectivity index (χ1) is 12.7. The van der Waals surface area contributed by atoms with Crippen LogP contribution in [0.25, 0.3) is 0 Å². The molecule has 4 aliphatic rings. The van der Waals surface area contributed by atoms with Gasteiger partial charge in [-0.05, 0) is 49.3 Å². The molecule has 4 fully saturated rings. The van der Waals surface area contributed by atoms with Gasteiger partial charge in [-0.15, -0.1) is 0 Å². The molecule has 3 heterocycles. The van der Waals surface area contributed by atoms with Gasteiger partial charge in [-0.2, -0.15) is 0 Å². The Kier molecular flexibility index (Phi) is 5.05.